The first-order valence-corrected chi connectivity index (χ1v) is 4.94. The molecule has 0 amide bonds. The molecule has 74 valence electrons. The zero-order valence-electron chi connectivity index (χ0n) is 7.68. The quantitative estimate of drug-likeness (QED) is 0.728. The van der Waals surface area contributed by atoms with Crippen molar-refractivity contribution in [1.29, 1.82) is 0 Å². The van der Waals surface area contributed by atoms with Gasteiger partial charge in [-0.1, -0.05) is 0 Å². The fourth-order valence-electron chi connectivity index (χ4n) is 1.06. The van der Waals surface area contributed by atoms with Gasteiger partial charge in [-0.05, 0) is 49.4 Å². The summed E-state index contributed by atoms with van der Waals surface area (Å²) < 4.78 is 27.0. The smallest absolute Gasteiger partial charge is 0.257 e. The predicted octanol–water partition coefficient (Wildman–Crippen LogP) is 3.18. The van der Waals surface area contributed by atoms with Crippen LogP contribution in [0.15, 0.2) is 6.07 Å². The van der Waals surface area contributed by atoms with Crippen LogP contribution < -0.4 is 0 Å². The van der Waals surface area contributed by atoms with Crippen LogP contribution in [0.3, 0.4) is 0 Å². The summed E-state index contributed by atoms with van der Waals surface area (Å²) in [6, 6.07) is 1.41. The molecule has 1 aromatic rings. The Kier molecular flexibility index (Phi) is 2.94. The molecule has 1 rings (SSSR count). The first kappa shape index (κ1) is 10.9. The van der Waals surface area contributed by atoms with Gasteiger partial charge in [-0.3, -0.25) is 4.68 Å². The van der Waals surface area contributed by atoms with Gasteiger partial charge in [0.05, 0.1) is 5.54 Å². The van der Waals surface area contributed by atoms with Crippen LogP contribution in [0.25, 0.3) is 0 Å². The van der Waals surface area contributed by atoms with Crippen molar-refractivity contribution < 1.29 is 8.78 Å². The fraction of sp³-hybridized carbons (Fsp3) is 0.625. The van der Waals surface area contributed by atoms with Gasteiger partial charge < -0.3 is 0 Å². The molecule has 0 bridgehead atoms. The summed E-state index contributed by atoms with van der Waals surface area (Å²) in [6.45, 7) is 5.55. The highest BCUT2D eigenvalue weighted by molar-refractivity contribution is 14.1. The second kappa shape index (κ2) is 3.51. The van der Waals surface area contributed by atoms with Gasteiger partial charge in [0, 0.05) is 0 Å². The minimum atomic E-state index is -2.46. The summed E-state index contributed by atoms with van der Waals surface area (Å²) in [5.41, 5.74) is -0.410. The Morgan fingerprint density at radius 2 is 2.00 bits per heavy atom. The van der Waals surface area contributed by atoms with Crippen molar-refractivity contribution in [2.75, 3.05) is 0 Å². The highest BCUT2D eigenvalue weighted by Gasteiger charge is 2.23. The fourth-order valence-corrected chi connectivity index (χ4v) is 1.59. The van der Waals surface area contributed by atoms with E-state index in [1.165, 1.54) is 10.7 Å². The lowest BCUT2D eigenvalue weighted by Crippen LogP contribution is -2.25. The Morgan fingerprint density at radius 3 is 2.31 bits per heavy atom. The molecule has 0 saturated heterocycles. The average Bonchev–Trinajstić information content (AvgIpc) is 2.29. The Morgan fingerprint density at radius 1 is 1.46 bits per heavy atom. The zero-order chi connectivity index (χ0) is 10.2. The van der Waals surface area contributed by atoms with Crippen molar-refractivity contribution in [1.82, 2.24) is 9.78 Å². The van der Waals surface area contributed by atoms with Crippen LogP contribution in [-0.4, -0.2) is 9.78 Å². The van der Waals surface area contributed by atoms with E-state index >= 15 is 0 Å². The first-order valence-electron chi connectivity index (χ1n) is 3.86. The van der Waals surface area contributed by atoms with Crippen LogP contribution in [0.2, 0.25) is 0 Å². The first-order chi connectivity index (χ1) is 5.82. The zero-order valence-corrected chi connectivity index (χ0v) is 9.84. The molecule has 0 radical (unpaired) electrons. The molecular formula is C8H11F2IN2. The Labute approximate surface area is 89.5 Å². The van der Waals surface area contributed by atoms with Gasteiger partial charge in [0.2, 0.25) is 0 Å². The monoisotopic (exact) mass is 300 g/mol. The summed E-state index contributed by atoms with van der Waals surface area (Å²) in [6.07, 6.45) is -2.46. The van der Waals surface area contributed by atoms with Crippen molar-refractivity contribution in [2.45, 2.75) is 32.7 Å². The van der Waals surface area contributed by atoms with Gasteiger partial charge in [0.15, 0.2) is 0 Å². The van der Waals surface area contributed by atoms with Gasteiger partial charge >= 0.3 is 0 Å². The van der Waals surface area contributed by atoms with E-state index in [2.05, 4.69) is 5.10 Å². The number of hydrogen-bond donors (Lipinski definition) is 0. The van der Waals surface area contributed by atoms with Crippen molar-refractivity contribution in [2.24, 2.45) is 0 Å². The topological polar surface area (TPSA) is 17.8 Å². The molecule has 13 heavy (non-hydrogen) atoms. The number of halogens is 3. The van der Waals surface area contributed by atoms with E-state index in [0.29, 0.717) is 3.70 Å². The number of alkyl halides is 2. The second-order valence-corrected chi connectivity index (χ2v) is 4.88. The minimum Gasteiger partial charge on any atom is -0.257 e. The molecule has 0 aromatic carbocycles. The number of aromatic nitrogens is 2. The van der Waals surface area contributed by atoms with Crippen LogP contribution >= 0.6 is 22.6 Å². The molecular weight excluding hydrogens is 289 g/mol. The number of rotatable bonds is 1. The van der Waals surface area contributed by atoms with Crippen molar-refractivity contribution in [3.8, 4) is 0 Å². The van der Waals surface area contributed by atoms with E-state index < -0.39 is 12.0 Å². The van der Waals surface area contributed by atoms with Crippen molar-refractivity contribution in [3.63, 3.8) is 0 Å². The van der Waals surface area contributed by atoms with Gasteiger partial charge in [0.1, 0.15) is 9.39 Å². The van der Waals surface area contributed by atoms with Crippen LogP contribution in [0.1, 0.15) is 32.9 Å². The van der Waals surface area contributed by atoms with Gasteiger partial charge in [-0.15, -0.1) is 0 Å². The summed E-state index contributed by atoms with van der Waals surface area (Å²) >= 11 is 1.93. The molecule has 0 aliphatic carbocycles. The third-order valence-electron chi connectivity index (χ3n) is 1.57. The summed E-state index contributed by atoms with van der Waals surface area (Å²) in [5.74, 6) is 0. The largest absolute Gasteiger partial charge is 0.280 e. The molecule has 0 aliphatic rings. The highest BCUT2D eigenvalue weighted by atomic mass is 127. The molecule has 0 fully saturated rings. The summed E-state index contributed by atoms with van der Waals surface area (Å²) in [4.78, 5) is 0. The van der Waals surface area contributed by atoms with Gasteiger partial charge in [-0.25, -0.2) is 8.78 Å². The predicted molar refractivity (Wildman–Crippen MR) is 54.9 cm³/mol. The molecule has 0 saturated carbocycles. The van der Waals surface area contributed by atoms with E-state index in [0.717, 1.165) is 0 Å². The standard InChI is InChI=1S/C8H11F2IN2/c1-8(2,3)13-5(7(9)10)4-6(11)12-13/h4,7H,1-3H3. The maximum Gasteiger partial charge on any atom is 0.280 e. The number of hydrogen-bond acceptors (Lipinski definition) is 1. The average molecular weight is 300 g/mol. The molecule has 1 aromatic heterocycles. The third kappa shape index (κ3) is 2.38. The molecule has 0 unspecified atom stereocenters. The van der Waals surface area contributed by atoms with Crippen LogP contribution in [0, 0.1) is 3.70 Å². The summed E-state index contributed by atoms with van der Waals surface area (Å²) in [5, 5.41) is 4.03. The van der Waals surface area contributed by atoms with E-state index in [1.54, 1.807) is 0 Å². The van der Waals surface area contributed by atoms with E-state index in [4.69, 9.17) is 0 Å². The molecule has 0 N–H and O–H groups in total. The number of nitrogens with zero attached hydrogens (tertiary/aromatic N) is 2. The van der Waals surface area contributed by atoms with Crippen molar-refractivity contribution >= 4 is 22.6 Å². The van der Waals surface area contributed by atoms with Gasteiger partial charge in [0.25, 0.3) is 6.43 Å². The van der Waals surface area contributed by atoms with Gasteiger partial charge in [-0.2, -0.15) is 5.10 Å². The van der Waals surface area contributed by atoms with E-state index in [-0.39, 0.29) is 5.69 Å². The normalized spacial score (nSPS) is 12.5. The lowest BCUT2D eigenvalue weighted by atomic mass is 10.1. The molecule has 1 heterocycles. The molecule has 0 spiro atoms. The minimum absolute atomic E-state index is 0.0168. The van der Waals surface area contributed by atoms with Crippen molar-refractivity contribution in [3.05, 3.63) is 15.5 Å². The van der Waals surface area contributed by atoms with Crippen LogP contribution in [0.4, 0.5) is 8.78 Å². The molecule has 0 atom stereocenters. The van der Waals surface area contributed by atoms with E-state index in [1.807, 2.05) is 43.4 Å². The molecule has 5 heteroatoms. The SMILES string of the molecule is CC(C)(C)n1nc(I)cc1C(F)F. The van der Waals surface area contributed by atoms with Crippen LogP contribution in [-0.2, 0) is 5.54 Å². The Bertz CT molecular complexity index is 302. The van der Waals surface area contributed by atoms with Crippen LogP contribution in [0.5, 0.6) is 0 Å². The maximum atomic E-state index is 12.5. The lowest BCUT2D eigenvalue weighted by molar-refractivity contribution is 0.130. The lowest BCUT2D eigenvalue weighted by Gasteiger charge is -2.21. The Balaban J connectivity index is 3.20. The third-order valence-corrected chi connectivity index (χ3v) is 2.09. The Hall–Kier alpha value is -0.200. The maximum absolute atomic E-state index is 12.5. The molecule has 2 nitrogen and oxygen atoms in total. The molecule has 0 aliphatic heterocycles. The highest BCUT2D eigenvalue weighted by Crippen LogP contribution is 2.25. The van der Waals surface area contributed by atoms with E-state index in [9.17, 15) is 8.78 Å². The second-order valence-electron chi connectivity index (χ2n) is 3.78. The summed E-state index contributed by atoms with van der Waals surface area (Å²) in [7, 11) is 0.